The molecule has 2 heterocycles. The van der Waals surface area contributed by atoms with Gasteiger partial charge in [-0.2, -0.15) is 10.5 Å². The van der Waals surface area contributed by atoms with Crippen LogP contribution in [0.2, 0.25) is 5.15 Å². The summed E-state index contributed by atoms with van der Waals surface area (Å²) in [4.78, 5) is 16.8. The molecule has 2 aromatic carbocycles. The molecule has 4 aromatic rings. The molecule has 0 saturated heterocycles. The highest BCUT2D eigenvalue weighted by Gasteiger charge is 2.21. The SMILES string of the molecule is Cc1ccc(-c2c(C#N)c(N)nc(SCCC(=O)Nc3ccc(S(=O)(=O)Nc4ccc(Cl)nn4)cc3)c2C#N)cc1. The molecule has 0 saturated carbocycles. The molecule has 0 atom stereocenters. The van der Waals surface area contributed by atoms with Crippen molar-refractivity contribution >= 4 is 56.6 Å². The van der Waals surface area contributed by atoms with E-state index in [1.165, 1.54) is 48.2 Å². The number of sulfonamides is 1. The topological polar surface area (TPSA) is 188 Å². The number of nitrogen functional groups attached to an aromatic ring is 1. The molecule has 0 radical (unpaired) electrons. The molecule has 0 aliphatic heterocycles. The number of carbonyl (C=O) groups excluding carboxylic acids is 1. The Morgan fingerprint density at radius 1 is 1.00 bits per heavy atom. The largest absolute Gasteiger partial charge is 0.383 e. The van der Waals surface area contributed by atoms with Crippen LogP contribution in [-0.2, 0) is 14.8 Å². The second kappa shape index (κ2) is 12.7. The van der Waals surface area contributed by atoms with Crippen LogP contribution in [0.4, 0.5) is 17.3 Å². The molecule has 0 fully saturated rings. The van der Waals surface area contributed by atoms with Crippen LogP contribution in [0.3, 0.4) is 0 Å². The van der Waals surface area contributed by atoms with Gasteiger partial charge in [0.15, 0.2) is 11.0 Å². The van der Waals surface area contributed by atoms with Crippen molar-refractivity contribution in [1.82, 2.24) is 15.2 Å². The highest BCUT2D eigenvalue weighted by atomic mass is 35.5. The molecule has 0 spiro atoms. The van der Waals surface area contributed by atoms with E-state index < -0.39 is 10.0 Å². The zero-order valence-corrected chi connectivity index (χ0v) is 23.8. The maximum atomic E-state index is 12.6. The van der Waals surface area contributed by atoms with Crippen molar-refractivity contribution in [3.05, 3.63) is 82.5 Å². The summed E-state index contributed by atoms with van der Waals surface area (Å²) in [5.41, 5.74) is 8.87. The van der Waals surface area contributed by atoms with Crippen molar-refractivity contribution in [2.75, 3.05) is 21.5 Å². The van der Waals surface area contributed by atoms with Gasteiger partial charge in [-0.05, 0) is 48.9 Å². The molecule has 0 bridgehead atoms. The predicted molar refractivity (Wildman–Crippen MR) is 157 cm³/mol. The first-order valence-corrected chi connectivity index (χ1v) is 14.7. The number of rotatable bonds is 9. The van der Waals surface area contributed by atoms with Gasteiger partial charge in [0, 0.05) is 23.4 Å². The van der Waals surface area contributed by atoms with Gasteiger partial charge in [-0.3, -0.25) is 9.52 Å². The van der Waals surface area contributed by atoms with E-state index >= 15 is 0 Å². The lowest BCUT2D eigenvalue weighted by molar-refractivity contribution is -0.115. The average Bonchev–Trinajstić information content (AvgIpc) is 2.94. The van der Waals surface area contributed by atoms with Gasteiger partial charge in [0.1, 0.15) is 28.5 Å². The minimum absolute atomic E-state index is 0.00154. The van der Waals surface area contributed by atoms with E-state index in [0.717, 1.165) is 5.56 Å². The minimum atomic E-state index is -3.93. The second-order valence-corrected chi connectivity index (χ2v) is 11.7. The molecule has 14 heteroatoms. The highest BCUT2D eigenvalue weighted by molar-refractivity contribution is 7.99. The number of aryl methyl sites for hydroxylation is 1. The van der Waals surface area contributed by atoms with Crippen LogP contribution < -0.4 is 15.8 Å². The standard InChI is InChI=1S/C27H21ClN8O3S2/c1-16-2-4-17(5-3-16)25-20(14-29)26(31)33-27(21(25)15-30)40-13-12-24(37)32-18-6-8-19(9-7-18)41(38,39)36-23-11-10-22(28)34-35-23/h2-11H,12-13H2,1H3,(H2,31,33)(H,32,37)(H,35,36). The summed E-state index contributed by atoms with van der Waals surface area (Å²) in [6.07, 6.45) is 0.0633. The van der Waals surface area contributed by atoms with Crippen LogP contribution >= 0.6 is 23.4 Å². The number of hydrogen-bond donors (Lipinski definition) is 3. The normalized spacial score (nSPS) is 10.8. The Kier molecular flexibility index (Phi) is 9.04. The predicted octanol–water partition coefficient (Wildman–Crippen LogP) is 4.75. The lowest BCUT2D eigenvalue weighted by Crippen LogP contribution is -2.15. The molecule has 0 aliphatic rings. The summed E-state index contributed by atoms with van der Waals surface area (Å²) < 4.78 is 27.5. The van der Waals surface area contributed by atoms with Crippen molar-refractivity contribution in [3.63, 3.8) is 0 Å². The Bertz CT molecular complexity index is 1780. The van der Waals surface area contributed by atoms with Crippen LogP contribution in [-0.4, -0.2) is 35.3 Å². The second-order valence-electron chi connectivity index (χ2n) is 8.53. The van der Waals surface area contributed by atoms with Crippen LogP contribution in [0, 0.1) is 29.6 Å². The third-order valence-electron chi connectivity index (χ3n) is 5.64. The maximum Gasteiger partial charge on any atom is 0.263 e. The first-order valence-electron chi connectivity index (χ1n) is 11.9. The Morgan fingerprint density at radius 2 is 1.68 bits per heavy atom. The first kappa shape index (κ1) is 29.3. The summed E-state index contributed by atoms with van der Waals surface area (Å²) in [6.45, 7) is 1.93. The molecule has 2 aromatic heterocycles. The van der Waals surface area contributed by atoms with Gasteiger partial charge in [0.25, 0.3) is 10.0 Å². The van der Waals surface area contributed by atoms with E-state index in [-0.39, 0.29) is 50.9 Å². The molecule has 0 aliphatic carbocycles. The maximum absolute atomic E-state index is 12.6. The van der Waals surface area contributed by atoms with E-state index in [2.05, 4.69) is 31.3 Å². The number of thioether (sulfide) groups is 1. The number of nitrogens with one attached hydrogen (secondary N) is 2. The monoisotopic (exact) mass is 604 g/mol. The Balaban J connectivity index is 1.41. The van der Waals surface area contributed by atoms with Crippen molar-refractivity contribution in [2.45, 2.75) is 23.3 Å². The molecular formula is C27H21ClN8O3S2. The van der Waals surface area contributed by atoms with Crippen LogP contribution in [0.15, 0.2) is 70.6 Å². The molecule has 4 rings (SSSR count). The number of benzene rings is 2. The van der Waals surface area contributed by atoms with Gasteiger partial charge in [0.05, 0.1) is 10.5 Å². The number of halogens is 1. The van der Waals surface area contributed by atoms with Gasteiger partial charge in [-0.15, -0.1) is 22.0 Å². The van der Waals surface area contributed by atoms with Gasteiger partial charge in [-0.1, -0.05) is 41.4 Å². The number of amides is 1. The molecule has 206 valence electrons. The number of carbonyl (C=O) groups is 1. The van der Waals surface area contributed by atoms with Crippen molar-refractivity contribution in [2.24, 2.45) is 0 Å². The number of nitrogens with two attached hydrogens (primary N) is 1. The molecule has 11 nitrogen and oxygen atoms in total. The molecular weight excluding hydrogens is 584 g/mol. The van der Waals surface area contributed by atoms with Gasteiger partial charge in [0.2, 0.25) is 5.91 Å². The van der Waals surface area contributed by atoms with Crippen LogP contribution in [0.5, 0.6) is 0 Å². The van der Waals surface area contributed by atoms with E-state index in [1.54, 1.807) is 0 Å². The minimum Gasteiger partial charge on any atom is -0.383 e. The number of anilines is 3. The molecule has 1 amide bonds. The Hall–Kier alpha value is -4.69. The van der Waals surface area contributed by atoms with Gasteiger partial charge in [-0.25, -0.2) is 13.4 Å². The fourth-order valence-corrected chi connectivity index (χ4v) is 5.69. The van der Waals surface area contributed by atoms with E-state index in [4.69, 9.17) is 17.3 Å². The lowest BCUT2D eigenvalue weighted by atomic mass is 9.96. The fourth-order valence-electron chi connectivity index (χ4n) is 3.66. The van der Waals surface area contributed by atoms with Gasteiger partial charge < -0.3 is 11.1 Å². The smallest absolute Gasteiger partial charge is 0.263 e. The molecule has 4 N–H and O–H groups in total. The molecule has 0 unspecified atom stereocenters. The van der Waals surface area contributed by atoms with Gasteiger partial charge >= 0.3 is 0 Å². The fraction of sp³-hybridized carbons (Fsp3) is 0.111. The van der Waals surface area contributed by atoms with E-state index in [9.17, 15) is 23.7 Å². The summed E-state index contributed by atoms with van der Waals surface area (Å²) in [5, 5.41) is 30.0. The van der Waals surface area contributed by atoms with Crippen LogP contribution in [0.1, 0.15) is 23.1 Å². The number of aromatic nitrogens is 3. The Labute approximate surface area is 245 Å². The van der Waals surface area contributed by atoms with E-state index in [0.29, 0.717) is 21.8 Å². The number of nitriles is 2. The van der Waals surface area contributed by atoms with Crippen molar-refractivity contribution in [1.29, 1.82) is 10.5 Å². The van der Waals surface area contributed by atoms with Crippen molar-refractivity contribution < 1.29 is 13.2 Å². The van der Waals surface area contributed by atoms with Crippen LogP contribution in [0.25, 0.3) is 11.1 Å². The average molecular weight is 605 g/mol. The summed E-state index contributed by atoms with van der Waals surface area (Å²) >= 11 is 6.84. The quantitative estimate of drug-likeness (QED) is 0.225. The third kappa shape index (κ3) is 7.10. The summed E-state index contributed by atoms with van der Waals surface area (Å²) in [7, 11) is -3.93. The zero-order valence-electron chi connectivity index (χ0n) is 21.4. The van der Waals surface area contributed by atoms with Crippen molar-refractivity contribution in [3.8, 4) is 23.3 Å². The summed E-state index contributed by atoms with van der Waals surface area (Å²) in [5.74, 6) is -0.0541. The highest BCUT2D eigenvalue weighted by Crippen LogP contribution is 2.36. The lowest BCUT2D eigenvalue weighted by Gasteiger charge is -2.13. The number of nitrogens with zero attached hydrogens (tertiary/aromatic N) is 5. The number of pyridine rings is 1. The Morgan fingerprint density at radius 3 is 2.29 bits per heavy atom. The molecule has 41 heavy (non-hydrogen) atoms. The third-order valence-corrected chi connectivity index (χ3v) is 8.19. The summed E-state index contributed by atoms with van der Waals surface area (Å²) in [6, 6.07) is 19.9. The first-order chi connectivity index (χ1) is 19.6. The number of hydrogen-bond acceptors (Lipinski definition) is 10. The zero-order chi connectivity index (χ0) is 29.6. The van der Waals surface area contributed by atoms with E-state index in [1.807, 2.05) is 37.3 Å².